The molecule has 0 unspecified atom stereocenters. The highest BCUT2D eigenvalue weighted by Crippen LogP contribution is 2.70. The number of ketones is 1. The van der Waals surface area contributed by atoms with Crippen molar-refractivity contribution < 1.29 is 31.9 Å². The lowest BCUT2D eigenvalue weighted by molar-refractivity contribution is -0.362. The largest absolute Gasteiger partial charge is 0.456 e. The standard InChI is InChI=1S/C27H29F5O2S/c1-24-14-21(15-3-7-18(35-2)8-4-15)23-19-10-6-17(33)13-16(19)5-9-20(23)22(24)11-12-25(24,34)26(28,29)27(30,31)32/h3-4,7-8,13,20-22,34H,5-6,9-12,14H2,1-2H3/t20-,21+,22-,24-,25+/m0/s1. The number of rotatable bonds is 3. The molecule has 0 radical (unpaired) electrons. The van der Waals surface area contributed by atoms with Gasteiger partial charge < -0.3 is 5.11 Å². The van der Waals surface area contributed by atoms with E-state index in [1.54, 1.807) is 17.8 Å². The van der Waals surface area contributed by atoms with Gasteiger partial charge in [0.25, 0.3) is 0 Å². The van der Waals surface area contributed by atoms with Gasteiger partial charge in [-0.1, -0.05) is 24.6 Å². The summed E-state index contributed by atoms with van der Waals surface area (Å²) in [5, 5.41) is 11.3. The molecule has 4 aliphatic rings. The van der Waals surface area contributed by atoms with Crippen molar-refractivity contribution in [2.24, 2.45) is 17.3 Å². The Morgan fingerprint density at radius 2 is 1.71 bits per heavy atom. The number of thioether (sulfide) groups is 1. The van der Waals surface area contributed by atoms with E-state index in [4.69, 9.17) is 0 Å². The lowest BCUT2D eigenvalue weighted by Crippen LogP contribution is -2.65. The quantitative estimate of drug-likeness (QED) is 0.343. The maximum Gasteiger partial charge on any atom is 0.456 e. The average Bonchev–Trinajstić information content (AvgIpc) is 3.09. The first-order valence-electron chi connectivity index (χ1n) is 12.1. The fourth-order valence-corrected chi connectivity index (χ4v) is 7.96. The summed E-state index contributed by atoms with van der Waals surface area (Å²) in [7, 11) is 0. The first-order chi connectivity index (χ1) is 16.3. The highest BCUT2D eigenvalue weighted by Gasteiger charge is 2.79. The molecule has 5 atom stereocenters. The maximum absolute atomic E-state index is 15.0. The van der Waals surface area contributed by atoms with Gasteiger partial charge in [0.15, 0.2) is 5.78 Å². The van der Waals surface area contributed by atoms with Crippen LogP contribution in [0, 0.1) is 17.3 Å². The molecule has 4 aliphatic carbocycles. The lowest BCUT2D eigenvalue weighted by atomic mass is 9.50. The Balaban J connectivity index is 1.68. The number of allylic oxidation sites excluding steroid dienone is 4. The molecule has 1 aromatic rings. The van der Waals surface area contributed by atoms with Gasteiger partial charge in [-0.3, -0.25) is 4.79 Å². The van der Waals surface area contributed by atoms with E-state index in [-0.39, 0.29) is 24.5 Å². The third-order valence-corrected chi connectivity index (χ3v) is 10.0. The van der Waals surface area contributed by atoms with Crippen LogP contribution in [0.5, 0.6) is 0 Å². The number of carbonyl (C=O) groups is 1. The summed E-state index contributed by atoms with van der Waals surface area (Å²) >= 11 is 1.56. The number of hydrogen-bond acceptors (Lipinski definition) is 3. The molecule has 0 aromatic heterocycles. The monoisotopic (exact) mass is 512 g/mol. The zero-order valence-electron chi connectivity index (χ0n) is 19.7. The number of alkyl halides is 5. The van der Waals surface area contributed by atoms with Gasteiger partial charge in [0.2, 0.25) is 0 Å². The molecule has 0 amide bonds. The maximum atomic E-state index is 15.0. The van der Waals surface area contributed by atoms with Crippen LogP contribution in [0.3, 0.4) is 0 Å². The van der Waals surface area contributed by atoms with Crippen LogP contribution in [0.15, 0.2) is 52.0 Å². The molecule has 2 fully saturated rings. The molecule has 0 spiro atoms. The molecule has 35 heavy (non-hydrogen) atoms. The summed E-state index contributed by atoms with van der Waals surface area (Å²) in [5.41, 5.74) is -0.771. The van der Waals surface area contributed by atoms with Crippen LogP contribution in [-0.2, 0) is 4.79 Å². The topological polar surface area (TPSA) is 37.3 Å². The van der Waals surface area contributed by atoms with Crippen molar-refractivity contribution in [3.63, 3.8) is 0 Å². The fraction of sp³-hybridized carbons (Fsp3) is 0.593. The fourth-order valence-electron chi connectivity index (χ4n) is 7.55. The molecule has 0 aliphatic heterocycles. The summed E-state index contributed by atoms with van der Waals surface area (Å²) in [6.45, 7) is 1.45. The Bertz CT molecular complexity index is 1110. The van der Waals surface area contributed by atoms with Gasteiger partial charge >= 0.3 is 12.1 Å². The van der Waals surface area contributed by atoms with E-state index >= 15 is 0 Å². The Hall–Kier alpha value is -1.67. The Kier molecular flexibility index (Phi) is 5.83. The average molecular weight is 513 g/mol. The van der Waals surface area contributed by atoms with Crippen LogP contribution in [0.1, 0.15) is 63.4 Å². The van der Waals surface area contributed by atoms with E-state index < -0.39 is 41.4 Å². The van der Waals surface area contributed by atoms with Crippen molar-refractivity contribution in [3.8, 4) is 0 Å². The normalized spacial score (nSPS) is 35.4. The van der Waals surface area contributed by atoms with Crippen LogP contribution >= 0.6 is 11.8 Å². The van der Waals surface area contributed by atoms with Crippen molar-refractivity contribution in [3.05, 3.63) is 52.6 Å². The molecule has 0 bridgehead atoms. The van der Waals surface area contributed by atoms with Crippen molar-refractivity contribution in [1.29, 1.82) is 0 Å². The van der Waals surface area contributed by atoms with Crippen molar-refractivity contribution in [1.82, 2.24) is 0 Å². The first kappa shape index (κ1) is 25.0. The van der Waals surface area contributed by atoms with E-state index in [0.29, 0.717) is 25.7 Å². The van der Waals surface area contributed by atoms with Gasteiger partial charge in [0.05, 0.1) is 0 Å². The zero-order valence-corrected chi connectivity index (χ0v) is 20.5. The summed E-state index contributed by atoms with van der Waals surface area (Å²) in [5.74, 6) is -6.21. The minimum atomic E-state index is -5.83. The van der Waals surface area contributed by atoms with Crippen molar-refractivity contribution in [2.45, 2.75) is 80.4 Å². The third kappa shape index (κ3) is 3.49. The predicted octanol–water partition coefficient (Wildman–Crippen LogP) is 7.24. The van der Waals surface area contributed by atoms with E-state index in [0.717, 1.165) is 27.2 Å². The minimum Gasteiger partial charge on any atom is -0.383 e. The molecule has 5 rings (SSSR count). The van der Waals surface area contributed by atoms with E-state index in [1.807, 2.05) is 30.5 Å². The summed E-state index contributed by atoms with van der Waals surface area (Å²) in [6, 6.07) is 7.72. The molecule has 190 valence electrons. The second-order valence-corrected chi connectivity index (χ2v) is 11.6. The van der Waals surface area contributed by atoms with Gasteiger partial charge in [0.1, 0.15) is 5.60 Å². The zero-order chi connectivity index (χ0) is 25.4. The second kappa shape index (κ2) is 8.17. The van der Waals surface area contributed by atoms with Crippen LogP contribution < -0.4 is 0 Å². The highest BCUT2D eigenvalue weighted by molar-refractivity contribution is 7.98. The van der Waals surface area contributed by atoms with Gasteiger partial charge in [-0.05, 0) is 91.5 Å². The molecule has 0 saturated heterocycles. The SMILES string of the molecule is CSc1ccc([C@H]2C[C@@]3(C)[C@@H](CC[C@]3(O)C(F)(F)C(F)(F)F)[C@@H]3CCC4=CC(=O)CCC4=C32)cc1. The predicted molar refractivity (Wildman–Crippen MR) is 124 cm³/mol. The second-order valence-electron chi connectivity index (χ2n) is 10.7. The van der Waals surface area contributed by atoms with Crippen LogP contribution in [0.4, 0.5) is 22.0 Å². The summed E-state index contributed by atoms with van der Waals surface area (Å²) in [4.78, 5) is 13.1. The molecule has 0 heterocycles. The Morgan fingerprint density at radius 3 is 2.34 bits per heavy atom. The van der Waals surface area contributed by atoms with Crippen molar-refractivity contribution >= 4 is 17.5 Å². The van der Waals surface area contributed by atoms with E-state index in [9.17, 15) is 31.9 Å². The number of halogens is 5. The van der Waals surface area contributed by atoms with Gasteiger partial charge in [-0.25, -0.2) is 0 Å². The van der Waals surface area contributed by atoms with E-state index in [2.05, 4.69) is 0 Å². The molecule has 2 saturated carbocycles. The van der Waals surface area contributed by atoms with Gasteiger partial charge in [-0.2, -0.15) is 22.0 Å². The number of fused-ring (bicyclic) bond motifs is 4. The molecule has 2 nitrogen and oxygen atoms in total. The smallest absolute Gasteiger partial charge is 0.383 e. The van der Waals surface area contributed by atoms with Crippen molar-refractivity contribution in [2.75, 3.05) is 6.26 Å². The molecular weight excluding hydrogens is 483 g/mol. The van der Waals surface area contributed by atoms with Crippen LogP contribution in [0.2, 0.25) is 0 Å². The Labute approximate surface area is 206 Å². The van der Waals surface area contributed by atoms with E-state index in [1.165, 1.54) is 6.92 Å². The number of hydrogen-bond donors (Lipinski definition) is 1. The molecule has 1 aromatic carbocycles. The lowest BCUT2D eigenvalue weighted by Gasteiger charge is -2.56. The molecule has 8 heteroatoms. The number of aliphatic hydroxyl groups is 1. The highest BCUT2D eigenvalue weighted by atomic mass is 32.2. The van der Waals surface area contributed by atoms with Gasteiger partial charge in [0, 0.05) is 22.6 Å². The molecule has 1 N–H and O–H groups in total. The summed E-state index contributed by atoms with van der Waals surface area (Å²) < 4.78 is 70.7. The Morgan fingerprint density at radius 1 is 1.03 bits per heavy atom. The van der Waals surface area contributed by atoms with Gasteiger partial charge in [-0.15, -0.1) is 11.8 Å². The van der Waals surface area contributed by atoms with Crippen LogP contribution in [-0.4, -0.2) is 34.8 Å². The first-order valence-corrected chi connectivity index (χ1v) is 13.3. The number of benzene rings is 1. The summed E-state index contributed by atoms with van der Waals surface area (Å²) in [6.07, 6.45) is -0.513. The van der Waals surface area contributed by atoms with Crippen LogP contribution in [0.25, 0.3) is 0 Å². The third-order valence-electron chi connectivity index (χ3n) is 9.28. The number of carbonyl (C=O) groups excluding carboxylic acids is 1. The molecular formula is C27H29F5O2S. The minimum absolute atomic E-state index is 0.00894.